The fourth-order valence-corrected chi connectivity index (χ4v) is 1.96. The molecule has 1 heterocycles. The number of anilines is 1. The van der Waals surface area contributed by atoms with Crippen molar-refractivity contribution in [3.8, 4) is 17.2 Å². The number of rotatable bonds is 2. The van der Waals surface area contributed by atoms with Crippen LogP contribution < -0.4 is 10.5 Å². The quantitative estimate of drug-likeness (QED) is 0.712. The van der Waals surface area contributed by atoms with Crippen molar-refractivity contribution >= 4 is 16.8 Å². The molecule has 0 spiro atoms. The molecule has 0 saturated carbocycles. The van der Waals surface area contributed by atoms with Crippen LogP contribution in [0.1, 0.15) is 5.56 Å². The van der Waals surface area contributed by atoms with Gasteiger partial charge in [-0.25, -0.2) is 4.98 Å². The van der Waals surface area contributed by atoms with Gasteiger partial charge in [0, 0.05) is 17.3 Å². The van der Waals surface area contributed by atoms with Crippen molar-refractivity contribution in [3.63, 3.8) is 0 Å². The lowest BCUT2D eigenvalue weighted by Crippen LogP contribution is -1.89. The molecule has 2 aromatic carbocycles. The van der Waals surface area contributed by atoms with E-state index in [9.17, 15) is 0 Å². The van der Waals surface area contributed by atoms with Gasteiger partial charge in [-0.05, 0) is 42.8 Å². The van der Waals surface area contributed by atoms with E-state index in [1.165, 1.54) is 0 Å². The Morgan fingerprint density at radius 2 is 2.00 bits per heavy atom. The lowest BCUT2D eigenvalue weighted by atomic mass is 10.1. The van der Waals surface area contributed by atoms with Crippen molar-refractivity contribution in [1.29, 1.82) is 0 Å². The summed E-state index contributed by atoms with van der Waals surface area (Å²) in [7, 11) is 1.63. The Kier molecular flexibility index (Phi) is 2.63. The van der Waals surface area contributed by atoms with Crippen LogP contribution in [0.5, 0.6) is 5.75 Å². The van der Waals surface area contributed by atoms with Gasteiger partial charge < -0.3 is 14.9 Å². The number of methoxy groups -OCH3 is 1. The van der Waals surface area contributed by atoms with Crippen LogP contribution in [-0.2, 0) is 0 Å². The van der Waals surface area contributed by atoms with Crippen molar-refractivity contribution in [2.24, 2.45) is 0 Å². The number of ether oxygens (including phenoxy) is 1. The molecular weight excluding hydrogens is 240 g/mol. The summed E-state index contributed by atoms with van der Waals surface area (Å²) < 4.78 is 10.9. The summed E-state index contributed by atoms with van der Waals surface area (Å²) in [6.45, 7) is 1.96. The maximum Gasteiger partial charge on any atom is 0.227 e. The van der Waals surface area contributed by atoms with Crippen molar-refractivity contribution in [2.45, 2.75) is 6.92 Å². The Labute approximate surface area is 110 Å². The molecule has 4 nitrogen and oxygen atoms in total. The largest absolute Gasteiger partial charge is 0.497 e. The maximum absolute atomic E-state index is 5.81. The molecule has 2 N–H and O–H groups in total. The van der Waals surface area contributed by atoms with Crippen molar-refractivity contribution in [3.05, 3.63) is 42.0 Å². The normalized spacial score (nSPS) is 10.8. The van der Waals surface area contributed by atoms with Crippen LogP contribution in [0.25, 0.3) is 22.6 Å². The third kappa shape index (κ3) is 2.01. The van der Waals surface area contributed by atoms with Crippen LogP contribution in [0.15, 0.2) is 40.8 Å². The zero-order valence-corrected chi connectivity index (χ0v) is 10.8. The second-order valence-corrected chi connectivity index (χ2v) is 4.42. The van der Waals surface area contributed by atoms with Gasteiger partial charge in [0.25, 0.3) is 0 Å². The molecular formula is C15H14N2O2. The summed E-state index contributed by atoms with van der Waals surface area (Å²) in [5.74, 6) is 1.34. The first-order chi connectivity index (χ1) is 9.17. The van der Waals surface area contributed by atoms with Gasteiger partial charge in [-0.1, -0.05) is 0 Å². The van der Waals surface area contributed by atoms with Crippen LogP contribution in [0.2, 0.25) is 0 Å². The lowest BCUT2D eigenvalue weighted by molar-refractivity contribution is 0.414. The first-order valence-electron chi connectivity index (χ1n) is 5.98. The molecule has 19 heavy (non-hydrogen) atoms. The molecule has 0 saturated heterocycles. The van der Waals surface area contributed by atoms with E-state index in [0.29, 0.717) is 11.5 Å². The molecule has 0 aliphatic rings. The topological polar surface area (TPSA) is 61.3 Å². The Hall–Kier alpha value is -2.49. The van der Waals surface area contributed by atoms with E-state index in [4.69, 9.17) is 14.9 Å². The molecule has 0 amide bonds. The minimum Gasteiger partial charge on any atom is -0.497 e. The van der Waals surface area contributed by atoms with E-state index in [1.807, 2.05) is 43.3 Å². The van der Waals surface area contributed by atoms with Crippen molar-refractivity contribution in [1.82, 2.24) is 4.98 Å². The van der Waals surface area contributed by atoms with Crippen LogP contribution in [0, 0.1) is 6.92 Å². The van der Waals surface area contributed by atoms with Crippen LogP contribution in [0.3, 0.4) is 0 Å². The highest BCUT2D eigenvalue weighted by Gasteiger charge is 2.09. The number of hydrogen-bond donors (Lipinski definition) is 1. The van der Waals surface area contributed by atoms with Crippen molar-refractivity contribution in [2.75, 3.05) is 12.8 Å². The first kappa shape index (κ1) is 11.6. The zero-order chi connectivity index (χ0) is 13.4. The van der Waals surface area contributed by atoms with Crippen molar-refractivity contribution < 1.29 is 9.15 Å². The molecule has 0 aliphatic heterocycles. The molecule has 0 unspecified atom stereocenters. The van der Waals surface area contributed by atoms with Gasteiger partial charge in [-0.2, -0.15) is 0 Å². The van der Waals surface area contributed by atoms with Gasteiger partial charge in [-0.15, -0.1) is 0 Å². The van der Waals surface area contributed by atoms with Gasteiger partial charge >= 0.3 is 0 Å². The smallest absolute Gasteiger partial charge is 0.227 e. The maximum atomic E-state index is 5.81. The molecule has 0 atom stereocenters. The predicted molar refractivity (Wildman–Crippen MR) is 75.1 cm³/mol. The molecule has 0 radical (unpaired) electrons. The molecule has 96 valence electrons. The van der Waals surface area contributed by atoms with E-state index >= 15 is 0 Å². The predicted octanol–water partition coefficient (Wildman–Crippen LogP) is 3.39. The summed E-state index contributed by atoms with van der Waals surface area (Å²) in [6.07, 6.45) is 0. The Balaban J connectivity index is 2.11. The second kappa shape index (κ2) is 4.31. The number of oxazole rings is 1. The highest BCUT2D eigenvalue weighted by molar-refractivity contribution is 5.78. The van der Waals surface area contributed by atoms with Gasteiger partial charge in [0.15, 0.2) is 5.58 Å². The Morgan fingerprint density at radius 3 is 2.74 bits per heavy atom. The third-order valence-electron chi connectivity index (χ3n) is 3.11. The Bertz CT molecular complexity index is 747. The van der Waals surface area contributed by atoms with Gasteiger partial charge in [0.05, 0.1) is 7.11 Å². The molecule has 1 aromatic heterocycles. The number of nitrogen functional groups attached to an aromatic ring is 1. The standard InChI is InChI=1S/C15H14N2O2/c1-9-7-10(3-5-12(9)16)15-17-13-6-4-11(18-2)8-14(13)19-15/h3-8H,16H2,1-2H3. The Morgan fingerprint density at radius 1 is 1.16 bits per heavy atom. The van der Waals surface area contributed by atoms with Crippen LogP contribution in [-0.4, -0.2) is 12.1 Å². The number of aromatic nitrogens is 1. The average Bonchev–Trinajstić information content (AvgIpc) is 2.84. The van der Waals surface area contributed by atoms with Gasteiger partial charge in [0.2, 0.25) is 5.89 Å². The van der Waals surface area contributed by atoms with E-state index < -0.39 is 0 Å². The molecule has 0 bridgehead atoms. The SMILES string of the molecule is COc1ccc2nc(-c3ccc(N)c(C)c3)oc2c1. The fraction of sp³-hybridized carbons (Fsp3) is 0.133. The fourth-order valence-electron chi connectivity index (χ4n) is 1.96. The number of nitrogens with zero attached hydrogens (tertiary/aromatic N) is 1. The summed E-state index contributed by atoms with van der Waals surface area (Å²) in [5.41, 5.74) is 10.0. The molecule has 0 aliphatic carbocycles. The van der Waals surface area contributed by atoms with E-state index in [0.717, 1.165) is 28.1 Å². The highest BCUT2D eigenvalue weighted by atomic mass is 16.5. The van der Waals surface area contributed by atoms with Gasteiger partial charge in [0.1, 0.15) is 11.3 Å². The highest BCUT2D eigenvalue weighted by Crippen LogP contribution is 2.28. The molecule has 4 heteroatoms. The minimum absolute atomic E-state index is 0.589. The van der Waals surface area contributed by atoms with E-state index in [-0.39, 0.29) is 0 Å². The summed E-state index contributed by atoms with van der Waals surface area (Å²) in [5, 5.41) is 0. The average molecular weight is 254 g/mol. The number of benzene rings is 2. The molecule has 3 aromatic rings. The minimum atomic E-state index is 0.589. The van der Waals surface area contributed by atoms with E-state index in [1.54, 1.807) is 7.11 Å². The third-order valence-corrected chi connectivity index (χ3v) is 3.11. The molecule has 3 rings (SSSR count). The lowest BCUT2D eigenvalue weighted by Gasteiger charge is -2.01. The monoisotopic (exact) mass is 254 g/mol. The number of fused-ring (bicyclic) bond motifs is 1. The zero-order valence-electron chi connectivity index (χ0n) is 10.8. The summed E-state index contributed by atoms with van der Waals surface area (Å²) >= 11 is 0. The van der Waals surface area contributed by atoms with Crippen LogP contribution in [0.4, 0.5) is 5.69 Å². The van der Waals surface area contributed by atoms with Gasteiger partial charge in [-0.3, -0.25) is 0 Å². The summed E-state index contributed by atoms with van der Waals surface area (Å²) in [6, 6.07) is 11.3. The first-order valence-corrected chi connectivity index (χ1v) is 5.98. The summed E-state index contributed by atoms with van der Waals surface area (Å²) in [4.78, 5) is 4.47. The molecule has 0 fully saturated rings. The van der Waals surface area contributed by atoms with Crippen LogP contribution >= 0.6 is 0 Å². The van der Waals surface area contributed by atoms with E-state index in [2.05, 4.69) is 4.98 Å². The number of hydrogen-bond acceptors (Lipinski definition) is 4. The second-order valence-electron chi connectivity index (χ2n) is 4.42. The number of nitrogens with two attached hydrogens (primary N) is 1. The number of aryl methyl sites for hydroxylation is 1.